The molecule has 1 aromatic carbocycles. The number of aliphatic hydroxyl groups excluding tert-OH is 1. The summed E-state index contributed by atoms with van der Waals surface area (Å²) in [5, 5.41) is 12.6. The normalized spacial score (nSPS) is 37.5. The molecule has 0 aliphatic heterocycles. The van der Waals surface area contributed by atoms with Gasteiger partial charge in [-0.15, -0.1) is 0 Å². The predicted molar refractivity (Wildman–Crippen MR) is 224 cm³/mol. The first-order valence-corrected chi connectivity index (χ1v) is 27.0. The van der Waals surface area contributed by atoms with Crippen LogP contribution in [0.2, 0.25) is 36.3 Å². The molecular weight excluding hydrogens is 673 g/mol. The lowest BCUT2D eigenvalue weighted by atomic mass is 9.40. The van der Waals surface area contributed by atoms with Gasteiger partial charge in [0.2, 0.25) is 0 Å². The monoisotopic (exact) mass is 753 g/mol. The van der Waals surface area contributed by atoms with Gasteiger partial charge < -0.3 is 18.7 Å². The lowest BCUT2D eigenvalue weighted by Crippen LogP contribution is -2.66. The quantitative estimate of drug-likeness (QED) is 0.131. The first-order valence-electron chi connectivity index (χ1n) is 21.2. The Morgan fingerprint density at radius 1 is 0.885 bits per heavy atom. The van der Waals surface area contributed by atoms with Gasteiger partial charge in [-0.25, -0.2) is 0 Å². The van der Waals surface area contributed by atoms with Crippen LogP contribution < -0.4 is 0 Å². The SMILES string of the molecule is C[C@H](CCCO[Si](C)(C)C(C)(C)C)[C@H]1CC[C@@]2(C)C3=CC[C@H]4[C@](C)(COCc5ccccc5)[C@@H](O)C[C@@H](O[Si](C)(C)C(C)(C)C)[C@]4(C)[C@@H]3CC[C@]12C. The number of allylic oxidation sites excluding steroid dienone is 2. The zero-order chi connectivity index (χ0) is 38.8. The molecule has 4 aliphatic carbocycles. The molecular formula is C46H80O4Si2. The third-order valence-electron chi connectivity index (χ3n) is 17.3. The molecule has 3 saturated carbocycles. The average Bonchev–Trinajstić information content (AvgIpc) is 3.32. The number of benzene rings is 1. The van der Waals surface area contributed by atoms with E-state index < -0.39 is 22.7 Å². The molecule has 52 heavy (non-hydrogen) atoms. The molecule has 6 heteroatoms. The van der Waals surface area contributed by atoms with Crippen LogP contribution in [0.1, 0.15) is 133 Å². The van der Waals surface area contributed by atoms with Crippen LogP contribution in [-0.4, -0.2) is 47.2 Å². The minimum absolute atomic E-state index is 0.0364. The van der Waals surface area contributed by atoms with Crippen molar-refractivity contribution in [2.75, 3.05) is 13.2 Å². The molecule has 0 radical (unpaired) electrons. The minimum Gasteiger partial charge on any atom is -0.417 e. The Morgan fingerprint density at radius 2 is 1.52 bits per heavy atom. The molecule has 0 bridgehead atoms. The van der Waals surface area contributed by atoms with E-state index in [-0.39, 0.29) is 38.3 Å². The summed E-state index contributed by atoms with van der Waals surface area (Å²) in [5.74, 6) is 2.19. The van der Waals surface area contributed by atoms with Crippen molar-refractivity contribution in [3.63, 3.8) is 0 Å². The van der Waals surface area contributed by atoms with Crippen LogP contribution in [0.5, 0.6) is 0 Å². The Kier molecular flexibility index (Phi) is 11.9. The predicted octanol–water partition coefficient (Wildman–Crippen LogP) is 12.6. The zero-order valence-corrected chi connectivity index (χ0v) is 38.4. The van der Waals surface area contributed by atoms with Crippen LogP contribution >= 0.6 is 0 Å². The van der Waals surface area contributed by atoms with Gasteiger partial charge in [0.1, 0.15) is 0 Å². The molecule has 0 unspecified atom stereocenters. The molecule has 0 aromatic heterocycles. The van der Waals surface area contributed by atoms with Gasteiger partial charge in [-0.2, -0.15) is 0 Å². The molecule has 0 spiro atoms. The molecule has 0 heterocycles. The summed E-state index contributed by atoms with van der Waals surface area (Å²) in [6.45, 7) is 38.6. The van der Waals surface area contributed by atoms with Crippen molar-refractivity contribution in [1.29, 1.82) is 0 Å². The number of ether oxygens (including phenoxy) is 1. The highest BCUT2D eigenvalue weighted by Crippen LogP contribution is 2.74. The van der Waals surface area contributed by atoms with E-state index in [0.29, 0.717) is 36.9 Å². The fraction of sp³-hybridized carbons (Fsp3) is 0.826. The Labute approximate surface area is 322 Å². The van der Waals surface area contributed by atoms with Crippen molar-refractivity contribution in [1.82, 2.24) is 0 Å². The van der Waals surface area contributed by atoms with Crippen molar-refractivity contribution >= 4 is 16.6 Å². The van der Waals surface area contributed by atoms with E-state index in [1.807, 2.05) is 0 Å². The summed E-state index contributed by atoms with van der Waals surface area (Å²) in [6, 6.07) is 10.5. The van der Waals surface area contributed by atoms with E-state index in [0.717, 1.165) is 18.9 Å². The topological polar surface area (TPSA) is 47.9 Å². The van der Waals surface area contributed by atoms with E-state index in [1.54, 1.807) is 5.57 Å². The van der Waals surface area contributed by atoms with Crippen LogP contribution in [0.3, 0.4) is 0 Å². The van der Waals surface area contributed by atoms with Gasteiger partial charge in [-0.3, -0.25) is 0 Å². The van der Waals surface area contributed by atoms with E-state index in [1.165, 1.54) is 44.1 Å². The van der Waals surface area contributed by atoms with Gasteiger partial charge in [-0.1, -0.05) is 118 Å². The first-order chi connectivity index (χ1) is 23.9. The second-order valence-electron chi connectivity index (χ2n) is 22.1. The molecule has 10 atom stereocenters. The molecule has 1 aromatic rings. The van der Waals surface area contributed by atoms with Crippen LogP contribution in [0, 0.1) is 45.3 Å². The molecule has 1 N–H and O–H groups in total. The Hall–Kier alpha value is -0.766. The summed E-state index contributed by atoms with van der Waals surface area (Å²) in [7, 11) is -3.82. The van der Waals surface area contributed by atoms with Crippen molar-refractivity contribution in [3.8, 4) is 0 Å². The summed E-state index contributed by atoms with van der Waals surface area (Å²) in [5.41, 5.74) is 3.00. The molecule has 4 aliphatic rings. The Bertz CT molecular complexity index is 1410. The molecule has 296 valence electrons. The van der Waals surface area contributed by atoms with Gasteiger partial charge in [-0.05, 0) is 128 Å². The van der Waals surface area contributed by atoms with E-state index in [2.05, 4.69) is 139 Å². The van der Waals surface area contributed by atoms with Crippen molar-refractivity contribution < 1.29 is 18.7 Å². The summed E-state index contributed by atoms with van der Waals surface area (Å²) in [4.78, 5) is 0. The highest BCUT2D eigenvalue weighted by molar-refractivity contribution is 6.74. The van der Waals surface area contributed by atoms with Crippen LogP contribution in [-0.2, 0) is 20.2 Å². The summed E-state index contributed by atoms with van der Waals surface area (Å²) >= 11 is 0. The van der Waals surface area contributed by atoms with Crippen molar-refractivity contribution in [3.05, 3.63) is 47.5 Å². The van der Waals surface area contributed by atoms with Crippen LogP contribution in [0.4, 0.5) is 0 Å². The van der Waals surface area contributed by atoms with Gasteiger partial charge in [0.05, 0.1) is 25.4 Å². The summed E-state index contributed by atoms with van der Waals surface area (Å²) < 4.78 is 20.7. The number of hydrogen-bond acceptors (Lipinski definition) is 4. The maximum atomic E-state index is 12.2. The second-order valence-corrected chi connectivity index (χ2v) is 31.7. The highest BCUT2D eigenvalue weighted by atomic mass is 28.4. The Balaban J connectivity index is 1.42. The van der Waals surface area contributed by atoms with Gasteiger partial charge in [0.25, 0.3) is 0 Å². The number of aliphatic hydroxyl groups is 1. The molecule has 0 saturated heterocycles. The van der Waals surface area contributed by atoms with Crippen molar-refractivity contribution in [2.45, 2.75) is 183 Å². The van der Waals surface area contributed by atoms with Gasteiger partial charge in [0, 0.05) is 17.4 Å². The van der Waals surface area contributed by atoms with E-state index >= 15 is 0 Å². The number of fused-ring (bicyclic) bond motifs is 5. The minimum atomic E-state index is -2.11. The molecule has 3 fully saturated rings. The largest absolute Gasteiger partial charge is 0.417 e. The zero-order valence-electron chi connectivity index (χ0n) is 36.4. The summed E-state index contributed by atoms with van der Waals surface area (Å²) in [6.07, 6.45) is 11.5. The van der Waals surface area contributed by atoms with Gasteiger partial charge >= 0.3 is 0 Å². The molecule has 4 nitrogen and oxygen atoms in total. The maximum absolute atomic E-state index is 12.2. The second kappa shape index (κ2) is 14.6. The van der Waals surface area contributed by atoms with Crippen LogP contribution in [0.25, 0.3) is 0 Å². The van der Waals surface area contributed by atoms with Gasteiger partial charge in [0.15, 0.2) is 16.6 Å². The van der Waals surface area contributed by atoms with Crippen LogP contribution in [0.15, 0.2) is 42.0 Å². The first kappa shape index (κ1) is 42.4. The Morgan fingerprint density at radius 3 is 2.13 bits per heavy atom. The fourth-order valence-corrected chi connectivity index (χ4v) is 14.0. The molecule has 5 rings (SSSR count). The standard InChI is InChI=1S/C46H80O4Si2/c1-33(20-19-29-49-51(12,13)41(2,3)4)35-25-27-45(10)36-23-24-38-43(8,32-48-31-34-21-17-16-18-22-34)39(47)30-40(50-52(14,15)42(5,6)7)46(38,11)37(36)26-28-44(35,45)9/h16-18,21-23,33,35,37-40,47H,19-20,24-32H2,1-15H3/t33-,35-,37-,38+,39+,40-,43+,44-,45+,46-/m1/s1. The van der Waals surface area contributed by atoms with Crippen molar-refractivity contribution in [2.24, 2.45) is 45.3 Å². The lowest BCUT2D eigenvalue weighted by molar-refractivity contribution is -0.207. The lowest BCUT2D eigenvalue weighted by Gasteiger charge is -2.67. The fourth-order valence-electron chi connectivity index (χ4n) is 11.4. The number of rotatable bonds is 12. The smallest absolute Gasteiger partial charge is 0.192 e. The maximum Gasteiger partial charge on any atom is 0.192 e. The number of hydrogen-bond donors (Lipinski definition) is 1. The average molecular weight is 753 g/mol. The third kappa shape index (κ3) is 7.30. The van der Waals surface area contributed by atoms with E-state index in [9.17, 15) is 5.11 Å². The van der Waals surface area contributed by atoms with E-state index in [4.69, 9.17) is 13.6 Å². The highest BCUT2D eigenvalue weighted by Gasteiger charge is 2.68. The third-order valence-corrected chi connectivity index (χ3v) is 26.3. The molecule has 0 amide bonds.